The van der Waals surface area contributed by atoms with Gasteiger partial charge in [-0.2, -0.15) is 0 Å². The number of carbonyl (C=O) groups is 3. The molecule has 1 unspecified atom stereocenters. The number of hydrogen-bond donors (Lipinski definition) is 0. The minimum absolute atomic E-state index is 0.0287. The first-order valence-corrected chi connectivity index (χ1v) is 13.7. The number of aliphatic imine (C=N–C) groups is 2. The number of amidine groups is 1. The van der Waals surface area contributed by atoms with Crippen LogP contribution in [-0.2, 0) is 19.1 Å². The van der Waals surface area contributed by atoms with Gasteiger partial charge in [0.1, 0.15) is 30.0 Å². The van der Waals surface area contributed by atoms with Crippen LogP contribution < -0.4 is 9.64 Å². The van der Waals surface area contributed by atoms with E-state index in [9.17, 15) is 14.4 Å². The number of carbonyl (C=O) groups excluding carboxylic acids is 3. The number of amides is 2. The predicted octanol–water partition coefficient (Wildman–Crippen LogP) is 5.28. The molecule has 216 valence electrons. The molecular formula is C31H42N4O5. The number of methoxy groups -OCH3 is 1. The van der Waals surface area contributed by atoms with Gasteiger partial charge >= 0.3 is 0 Å². The van der Waals surface area contributed by atoms with E-state index in [1.165, 1.54) is 17.3 Å². The number of likely N-dealkylation sites (N-methyl/N-ethyl adjacent to an activating group) is 1. The van der Waals surface area contributed by atoms with Crippen LogP contribution in [0.4, 0.5) is 5.69 Å². The summed E-state index contributed by atoms with van der Waals surface area (Å²) in [6.07, 6.45) is 8.63. The average Bonchev–Trinajstić information content (AvgIpc) is 2.93. The molecule has 1 aromatic carbocycles. The van der Waals surface area contributed by atoms with Crippen LogP contribution in [0.3, 0.4) is 0 Å². The molecule has 0 radical (unpaired) electrons. The lowest BCUT2D eigenvalue weighted by molar-refractivity contribution is -0.127. The maximum absolute atomic E-state index is 13.8. The largest absolute Gasteiger partial charge is 0.497 e. The second kappa shape index (κ2) is 16.2. The number of aldehydes is 1. The number of nitrogens with zero attached hydrogens (tertiary/aromatic N) is 4. The molecular weight excluding hydrogens is 508 g/mol. The summed E-state index contributed by atoms with van der Waals surface area (Å²) in [4.78, 5) is 51.2. The minimum Gasteiger partial charge on any atom is -0.497 e. The fourth-order valence-corrected chi connectivity index (χ4v) is 4.06. The van der Waals surface area contributed by atoms with Crippen molar-refractivity contribution in [1.82, 2.24) is 4.90 Å². The first-order chi connectivity index (χ1) is 19.2. The molecule has 1 aromatic rings. The third-order valence-electron chi connectivity index (χ3n) is 6.13. The number of hydrogen-bond acceptors (Lipinski definition) is 7. The Balaban J connectivity index is 2.48. The molecule has 9 nitrogen and oxygen atoms in total. The van der Waals surface area contributed by atoms with Crippen LogP contribution in [0.25, 0.3) is 0 Å². The van der Waals surface area contributed by atoms with Crippen molar-refractivity contribution in [2.75, 3.05) is 25.1 Å². The Morgan fingerprint density at radius 3 is 2.50 bits per heavy atom. The van der Waals surface area contributed by atoms with Gasteiger partial charge in [-0.3, -0.25) is 24.3 Å². The molecule has 2 amide bonds. The Morgan fingerprint density at radius 2 is 1.93 bits per heavy atom. The number of anilines is 1. The van der Waals surface area contributed by atoms with E-state index in [0.717, 1.165) is 0 Å². The molecule has 40 heavy (non-hydrogen) atoms. The summed E-state index contributed by atoms with van der Waals surface area (Å²) in [5, 5.41) is 0. The average molecular weight is 551 g/mol. The quantitative estimate of drug-likeness (QED) is 0.153. The summed E-state index contributed by atoms with van der Waals surface area (Å²) in [6, 6.07) is 7.09. The van der Waals surface area contributed by atoms with Crippen LogP contribution >= 0.6 is 0 Å². The zero-order valence-electron chi connectivity index (χ0n) is 24.7. The molecule has 0 N–H and O–H groups in total. The molecule has 0 aliphatic carbocycles. The molecule has 9 heteroatoms. The van der Waals surface area contributed by atoms with Crippen molar-refractivity contribution in [2.45, 2.75) is 73.0 Å². The van der Waals surface area contributed by atoms with Crippen molar-refractivity contribution in [3.8, 4) is 5.75 Å². The summed E-state index contributed by atoms with van der Waals surface area (Å²) in [7, 11) is 1.58. The van der Waals surface area contributed by atoms with Gasteiger partial charge in [-0.25, -0.2) is 4.99 Å². The third-order valence-corrected chi connectivity index (χ3v) is 6.13. The number of rotatable bonds is 12. The lowest BCUT2D eigenvalue weighted by Crippen LogP contribution is -2.41. The Bertz CT molecular complexity index is 1180. The van der Waals surface area contributed by atoms with Crippen LogP contribution in [0.15, 0.2) is 69.4 Å². The fourth-order valence-electron chi connectivity index (χ4n) is 4.06. The van der Waals surface area contributed by atoms with Crippen molar-refractivity contribution in [3.63, 3.8) is 0 Å². The SMILES string of the molecule is CC/C=C(OC(C)C)\C(C(=O)N(CC)CCC1=NC=NC(C)C/C=C/C(=O)N1c1ccc(OC)cc1)=C(/C)C=O. The topological polar surface area (TPSA) is 101 Å². The van der Waals surface area contributed by atoms with Crippen molar-refractivity contribution < 1.29 is 23.9 Å². The highest BCUT2D eigenvalue weighted by Gasteiger charge is 2.27. The van der Waals surface area contributed by atoms with Crippen LogP contribution in [-0.4, -0.2) is 67.5 Å². The van der Waals surface area contributed by atoms with E-state index >= 15 is 0 Å². The molecule has 0 spiro atoms. The van der Waals surface area contributed by atoms with Crippen LogP contribution in [0, 0.1) is 0 Å². The summed E-state index contributed by atoms with van der Waals surface area (Å²) < 4.78 is 11.2. The summed E-state index contributed by atoms with van der Waals surface area (Å²) >= 11 is 0. The zero-order chi connectivity index (χ0) is 29.7. The highest BCUT2D eigenvalue weighted by molar-refractivity contribution is 6.21. The molecule has 1 atom stereocenters. The molecule has 1 aliphatic heterocycles. The van der Waals surface area contributed by atoms with E-state index in [2.05, 4.69) is 9.98 Å². The van der Waals surface area contributed by atoms with Crippen LogP contribution in [0.5, 0.6) is 5.75 Å². The first-order valence-electron chi connectivity index (χ1n) is 13.7. The minimum atomic E-state index is -0.322. The maximum atomic E-state index is 13.8. The molecule has 0 bridgehead atoms. The second-order valence-corrected chi connectivity index (χ2v) is 9.62. The number of benzene rings is 1. The molecule has 0 fully saturated rings. The van der Waals surface area contributed by atoms with Crippen molar-refractivity contribution in [2.24, 2.45) is 9.98 Å². The second-order valence-electron chi connectivity index (χ2n) is 9.62. The standard InChI is InChI=1S/C31H42N4O5/c1-8-11-27(40-22(3)4)30(23(5)20-36)31(38)34(9-2)19-18-28-33-21-32-24(6)12-10-13-29(37)35(28)25-14-16-26(39-7)17-15-25/h10-11,13-17,20-22,24H,8-9,12,18-19H2,1-7H3/b13-10+,27-11+,30-23-,32-21?,33-28?. The smallest absolute Gasteiger partial charge is 0.257 e. The Morgan fingerprint density at radius 1 is 1.23 bits per heavy atom. The molecule has 0 saturated heterocycles. The maximum Gasteiger partial charge on any atom is 0.257 e. The van der Waals surface area contributed by atoms with Gasteiger partial charge in [-0.05, 0) is 83.9 Å². The summed E-state index contributed by atoms with van der Waals surface area (Å²) in [5.41, 5.74) is 1.14. The lowest BCUT2D eigenvalue weighted by Gasteiger charge is -2.28. The van der Waals surface area contributed by atoms with E-state index in [-0.39, 0.29) is 42.5 Å². The van der Waals surface area contributed by atoms with Gasteiger partial charge in [0.15, 0.2) is 0 Å². The normalized spacial score (nSPS) is 17.6. The van der Waals surface area contributed by atoms with Crippen LogP contribution in [0.2, 0.25) is 0 Å². The van der Waals surface area contributed by atoms with E-state index in [1.54, 1.807) is 49.3 Å². The van der Waals surface area contributed by atoms with E-state index in [4.69, 9.17) is 9.47 Å². The Kier molecular flexibility index (Phi) is 13.0. The number of ether oxygens (including phenoxy) is 2. The zero-order valence-corrected chi connectivity index (χ0v) is 24.7. The van der Waals surface area contributed by atoms with Gasteiger partial charge in [0.25, 0.3) is 11.8 Å². The van der Waals surface area contributed by atoms with Gasteiger partial charge in [0, 0.05) is 25.1 Å². The summed E-state index contributed by atoms with van der Waals surface area (Å²) in [6.45, 7) is 11.7. The van der Waals surface area contributed by atoms with Crippen molar-refractivity contribution >= 4 is 36.0 Å². The van der Waals surface area contributed by atoms with Crippen molar-refractivity contribution in [3.05, 3.63) is 59.4 Å². The van der Waals surface area contributed by atoms with Gasteiger partial charge < -0.3 is 14.4 Å². The van der Waals surface area contributed by atoms with E-state index in [0.29, 0.717) is 54.3 Å². The summed E-state index contributed by atoms with van der Waals surface area (Å²) in [5.74, 6) is 0.912. The van der Waals surface area contributed by atoms with E-state index in [1.807, 2.05) is 40.7 Å². The van der Waals surface area contributed by atoms with Gasteiger partial charge in [-0.1, -0.05) is 13.0 Å². The molecule has 1 heterocycles. The molecule has 0 aromatic heterocycles. The molecule has 2 rings (SSSR count). The van der Waals surface area contributed by atoms with Gasteiger partial charge in [-0.15, -0.1) is 0 Å². The van der Waals surface area contributed by atoms with E-state index < -0.39 is 0 Å². The fraction of sp³-hybridized carbons (Fsp3) is 0.452. The number of allylic oxidation sites excluding steroid dienone is 2. The predicted molar refractivity (Wildman–Crippen MR) is 160 cm³/mol. The Labute approximate surface area is 238 Å². The highest BCUT2D eigenvalue weighted by atomic mass is 16.5. The first kappa shape index (κ1) is 32.2. The highest BCUT2D eigenvalue weighted by Crippen LogP contribution is 2.24. The lowest BCUT2D eigenvalue weighted by atomic mass is 10.1. The molecule has 1 aliphatic rings. The van der Waals surface area contributed by atoms with Gasteiger partial charge in [0.05, 0.1) is 30.5 Å². The van der Waals surface area contributed by atoms with Gasteiger partial charge in [0.2, 0.25) is 0 Å². The monoisotopic (exact) mass is 550 g/mol. The third kappa shape index (κ3) is 9.03. The molecule has 0 saturated carbocycles. The Hall–Kier alpha value is -4.01. The van der Waals surface area contributed by atoms with Crippen LogP contribution in [0.1, 0.15) is 60.8 Å². The van der Waals surface area contributed by atoms with Crippen molar-refractivity contribution in [1.29, 1.82) is 0 Å².